The first-order chi connectivity index (χ1) is 11.2. The van der Waals surface area contributed by atoms with E-state index < -0.39 is 0 Å². The number of nitrogens with zero attached hydrogens (tertiary/aromatic N) is 1. The van der Waals surface area contributed by atoms with Crippen LogP contribution >= 0.6 is 24.2 Å². The zero-order valence-corrected chi connectivity index (χ0v) is 16.1. The molecule has 1 aromatic carbocycles. The van der Waals surface area contributed by atoms with Gasteiger partial charge in [0.15, 0.2) is 0 Å². The number of hydrogen-bond acceptors (Lipinski definition) is 5. The number of carbonyl (C=O) groups is 1. The van der Waals surface area contributed by atoms with E-state index in [0.717, 1.165) is 42.9 Å². The number of hydrogen-bond donors (Lipinski definition) is 0. The van der Waals surface area contributed by atoms with Crippen molar-refractivity contribution in [2.75, 3.05) is 38.8 Å². The summed E-state index contributed by atoms with van der Waals surface area (Å²) in [7, 11) is 4.02. The molecule has 0 radical (unpaired) electrons. The summed E-state index contributed by atoms with van der Waals surface area (Å²) >= 11 is 1.96. The van der Waals surface area contributed by atoms with E-state index in [1.807, 2.05) is 56.2 Å². The summed E-state index contributed by atoms with van der Waals surface area (Å²) in [5.74, 6) is 2.11. The fourth-order valence-corrected chi connectivity index (χ4v) is 4.04. The van der Waals surface area contributed by atoms with Crippen molar-refractivity contribution in [1.82, 2.24) is 4.90 Å². The minimum atomic E-state index is -0.252. The molecule has 4 nitrogen and oxygen atoms in total. The van der Waals surface area contributed by atoms with Crippen LogP contribution in [0.25, 0.3) is 0 Å². The molecular formula is C18H28ClNO3S. The fraction of sp³-hybridized carbons (Fsp3) is 0.611. The normalized spacial score (nSPS) is 16.5. The third-order valence-corrected chi connectivity index (χ3v) is 5.17. The molecule has 0 spiro atoms. The van der Waals surface area contributed by atoms with Gasteiger partial charge in [-0.15, -0.1) is 12.4 Å². The average molecular weight is 374 g/mol. The van der Waals surface area contributed by atoms with Crippen molar-refractivity contribution in [3.05, 3.63) is 35.9 Å². The van der Waals surface area contributed by atoms with E-state index in [4.69, 9.17) is 9.78 Å². The van der Waals surface area contributed by atoms with Crippen LogP contribution in [0.2, 0.25) is 0 Å². The molecule has 0 saturated carbocycles. The van der Waals surface area contributed by atoms with Crippen molar-refractivity contribution in [2.45, 2.75) is 25.2 Å². The van der Waals surface area contributed by atoms with Gasteiger partial charge in [-0.05, 0) is 62.9 Å². The summed E-state index contributed by atoms with van der Waals surface area (Å²) in [5.41, 5.74) is 1.03. The first kappa shape index (κ1) is 21.3. The van der Waals surface area contributed by atoms with Crippen LogP contribution in [0.15, 0.2) is 30.3 Å². The van der Waals surface area contributed by atoms with Gasteiger partial charge in [-0.1, -0.05) is 30.3 Å². The van der Waals surface area contributed by atoms with Crippen LogP contribution in [0.5, 0.6) is 0 Å². The number of benzene rings is 1. The molecule has 2 rings (SSSR count). The Morgan fingerprint density at radius 1 is 1.25 bits per heavy atom. The van der Waals surface area contributed by atoms with Gasteiger partial charge < -0.3 is 4.90 Å². The van der Waals surface area contributed by atoms with E-state index in [9.17, 15) is 4.79 Å². The van der Waals surface area contributed by atoms with Crippen molar-refractivity contribution in [1.29, 1.82) is 0 Å². The van der Waals surface area contributed by atoms with E-state index in [1.54, 1.807) is 0 Å². The highest BCUT2D eigenvalue weighted by atomic mass is 35.5. The van der Waals surface area contributed by atoms with Gasteiger partial charge in [-0.25, -0.2) is 4.79 Å². The zero-order chi connectivity index (χ0) is 16.5. The Hall–Kier alpha value is -0.750. The summed E-state index contributed by atoms with van der Waals surface area (Å²) in [4.78, 5) is 24.9. The molecule has 0 aromatic heterocycles. The van der Waals surface area contributed by atoms with Gasteiger partial charge in [-0.2, -0.15) is 16.6 Å². The number of rotatable bonds is 8. The maximum Gasteiger partial charge on any atom is 0.350 e. The highest BCUT2D eigenvalue weighted by molar-refractivity contribution is 7.99. The van der Waals surface area contributed by atoms with Gasteiger partial charge in [0.2, 0.25) is 0 Å². The molecule has 0 N–H and O–H groups in total. The summed E-state index contributed by atoms with van der Waals surface area (Å²) in [6, 6.07) is 9.95. The largest absolute Gasteiger partial charge is 0.350 e. The summed E-state index contributed by atoms with van der Waals surface area (Å²) in [6.07, 6.45) is 2.95. The van der Waals surface area contributed by atoms with Crippen molar-refractivity contribution < 1.29 is 14.6 Å². The van der Waals surface area contributed by atoms with Gasteiger partial charge in [0.05, 0.1) is 12.5 Å². The average Bonchev–Trinajstić information content (AvgIpc) is 2.56. The van der Waals surface area contributed by atoms with E-state index >= 15 is 0 Å². The molecular weight excluding hydrogens is 346 g/mol. The first-order valence-corrected chi connectivity index (χ1v) is 9.44. The van der Waals surface area contributed by atoms with Gasteiger partial charge in [-0.3, -0.25) is 4.89 Å². The van der Waals surface area contributed by atoms with Gasteiger partial charge >= 0.3 is 5.97 Å². The number of carbonyl (C=O) groups excluding carboxylic acids is 1. The summed E-state index contributed by atoms with van der Waals surface area (Å²) in [5, 5.41) is 0. The van der Waals surface area contributed by atoms with Crippen LogP contribution in [0.1, 0.15) is 30.7 Å². The Labute approximate surface area is 155 Å². The van der Waals surface area contributed by atoms with E-state index in [1.165, 1.54) is 0 Å². The third-order valence-electron chi connectivity index (χ3n) is 4.12. The second-order valence-electron chi connectivity index (χ2n) is 6.22. The predicted octanol–water partition coefficient (Wildman–Crippen LogP) is 3.76. The number of halogens is 1. The molecule has 1 aromatic rings. The molecule has 1 aliphatic heterocycles. The lowest BCUT2D eigenvalue weighted by Crippen LogP contribution is -2.27. The van der Waals surface area contributed by atoms with Crippen LogP contribution < -0.4 is 0 Å². The fourth-order valence-electron chi connectivity index (χ4n) is 2.90. The Morgan fingerprint density at radius 3 is 2.54 bits per heavy atom. The monoisotopic (exact) mass is 373 g/mol. The Morgan fingerprint density at radius 2 is 1.92 bits per heavy atom. The third kappa shape index (κ3) is 7.01. The Kier molecular flexibility index (Phi) is 10.4. The quantitative estimate of drug-likeness (QED) is 0.394. The standard InChI is InChI=1S/C18H27NO3S.ClH/c1-19(2)11-6-12-21-22-18(20)17(15-7-4-3-5-8-15)16-9-13-23-14-10-16;/h3-5,7-8,16-17H,6,9-14H2,1-2H3;1H. The molecule has 0 aliphatic carbocycles. The van der Waals surface area contributed by atoms with Crippen LogP contribution in [0.3, 0.4) is 0 Å². The minimum Gasteiger partial charge on any atom is -0.309 e. The lowest BCUT2D eigenvalue weighted by Gasteiger charge is -2.28. The molecule has 1 saturated heterocycles. The van der Waals surface area contributed by atoms with Crippen molar-refractivity contribution in [3.8, 4) is 0 Å². The lowest BCUT2D eigenvalue weighted by atomic mass is 9.82. The van der Waals surface area contributed by atoms with E-state index in [0.29, 0.717) is 12.5 Å². The molecule has 1 unspecified atom stereocenters. The Bertz CT molecular complexity index is 467. The molecule has 0 amide bonds. The molecule has 0 bridgehead atoms. The summed E-state index contributed by atoms with van der Waals surface area (Å²) in [6.45, 7) is 1.35. The predicted molar refractivity (Wildman–Crippen MR) is 102 cm³/mol. The maximum absolute atomic E-state index is 12.6. The molecule has 24 heavy (non-hydrogen) atoms. The van der Waals surface area contributed by atoms with Crippen molar-refractivity contribution in [2.24, 2.45) is 5.92 Å². The summed E-state index contributed by atoms with van der Waals surface area (Å²) < 4.78 is 0. The molecule has 1 heterocycles. The highest BCUT2D eigenvalue weighted by Crippen LogP contribution is 2.36. The van der Waals surface area contributed by atoms with Gasteiger partial charge in [0, 0.05) is 0 Å². The molecule has 6 heteroatoms. The smallest absolute Gasteiger partial charge is 0.309 e. The maximum atomic E-state index is 12.6. The van der Waals surface area contributed by atoms with Crippen LogP contribution in [0.4, 0.5) is 0 Å². The van der Waals surface area contributed by atoms with Crippen LogP contribution in [-0.2, 0) is 14.6 Å². The van der Waals surface area contributed by atoms with Crippen molar-refractivity contribution >= 4 is 30.1 Å². The highest BCUT2D eigenvalue weighted by Gasteiger charge is 2.33. The Balaban J connectivity index is 0.00000288. The minimum absolute atomic E-state index is 0. The topological polar surface area (TPSA) is 38.8 Å². The van der Waals surface area contributed by atoms with Gasteiger partial charge in [0.1, 0.15) is 0 Å². The molecule has 1 atom stereocenters. The van der Waals surface area contributed by atoms with Crippen LogP contribution in [-0.4, -0.2) is 49.6 Å². The van der Waals surface area contributed by atoms with E-state index in [-0.39, 0.29) is 24.3 Å². The second kappa shape index (κ2) is 11.7. The van der Waals surface area contributed by atoms with E-state index in [2.05, 4.69) is 4.90 Å². The first-order valence-electron chi connectivity index (χ1n) is 8.29. The number of thioether (sulfide) groups is 1. The lowest BCUT2D eigenvalue weighted by molar-refractivity contribution is -0.275. The molecule has 1 aliphatic rings. The second-order valence-corrected chi connectivity index (χ2v) is 7.44. The molecule has 136 valence electrons. The van der Waals surface area contributed by atoms with Crippen molar-refractivity contribution in [3.63, 3.8) is 0 Å². The van der Waals surface area contributed by atoms with Gasteiger partial charge in [0.25, 0.3) is 0 Å². The SMILES string of the molecule is CN(C)CCCOOC(=O)C(c1ccccc1)C1CCSCC1.Cl. The molecule has 1 fully saturated rings. The zero-order valence-electron chi connectivity index (χ0n) is 14.5. The van der Waals surface area contributed by atoms with Crippen LogP contribution in [0, 0.1) is 5.92 Å².